The molecule has 0 heterocycles. The number of benzene rings is 1. The van der Waals surface area contributed by atoms with Crippen LogP contribution in [0.25, 0.3) is 0 Å². The second-order valence-corrected chi connectivity index (χ2v) is 5.16. The smallest absolute Gasteiger partial charge is 0.144 e. The van der Waals surface area contributed by atoms with Gasteiger partial charge in [0, 0.05) is 25.3 Å². The van der Waals surface area contributed by atoms with E-state index in [4.69, 9.17) is 10.5 Å². The molecule has 0 atom stereocenters. The van der Waals surface area contributed by atoms with Gasteiger partial charge in [-0.25, -0.2) is 0 Å². The molecule has 3 heteroatoms. The molecule has 1 aromatic rings. The number of anilines is 2. The van der Waals surface area contributed by atoms with Gasteiger partial charge in [-0.3, -0.25) is 0 Å². The van der Waals surface area contributed by atoms with Gasteiger partial charge in [0.2, 0.25) is 0 Å². The van der Waals surface area contributed by atoms with Gasteiger partial charge in [0.25, 0.3) is 0 Å². The van der Waals surface area contributed by atoms with E-state index in [-0.39, 0.29) is 6.10 Å². The summed E-state index contributed by atoms with van der Waals surface area (Å²) in [6, 6.07) is 5.95. The van der Waals surface area contributed by atoms with Gasteiger partial charge in [0.05, 0.1) is 11.8 Å². The molecule has 2 N–H and O–H groups in total. The van der Waals surface area contributed by atoms with E-state index in [2.05, 4.69) is 25.8 Å². The zero-order valence-electron chi connectivity index (χ0n) is 11.5. The fourth-order valence-corrected chi connectivity index (χ4v) is 1.77. The van der Waals surface area contributed by atoms with E-state index in [1.54, 1.807) is 0 Å². The van der Waals surface area contributed by atoms with Crippen LogP contribution in [0, 0.1) is 5.92 Å². The largest absolute Gasteiger partial charge is 0.489 e. The first-order chi connectivity index (χ1) is 7.90. The number of hydrogen-bond acceptors (Lipinski definition) is 3. The predicted molar refractivity (Wildman–Crippen MR) is 74.7 cm³/mol. The lowest BCUT2D eigenvalue weighted by atomic mass is 10.2. The second kappa shape index (κ2) is 5.80. The van der Waals surface area contributed by atoms with Crippen molar-refractivity contribution in [2.24, 2.45) is 5.92 Å². The number of nitrogens with zero attached hydrogens (tertiary/aromatic N) is 1. The predicted octanol–water partition coefficient (Wildman–Crippen LogP) is 3.15. The molecule has 1 aromatic carbocycles. The Morgan fingerprint density at radius 2 is 1.88 bits per heavy atom. The Morgan fingerprint density at radius 1 is 1.24 bits per heavy atom. The summed E-state index contributed by atoms with van der Waals surface area (Å²) in [4.78, 5) is 2.22. The van der Waals surface area contributed by atoms with E-state index in [9.17, 15) is 0 Å². The molecule has 0 aliphatic heterocycles. The number of rotatable bonds is 5. The molecule has 0 aromatic heterocycles. The van der Waals surface area contributed by atoms with Crippen molar-refractivity contribution in [1.29, 1.82) is 0 Å². The lowest BCUT2D eigenvalue weighted by Gasteiger charge is -2.23. The topological polar surface area (TPSA) is 38.5 Å². The maximum atomic E-state index is 5.90. The molecule has 17 heavy (non-hydrogen) atoms. The Balaban J connectivity index is 2.87. The van der Waals surface area contributed by atoms with Crippen molar-refractivity contribution < 1.29 is 4.74 Å². The van der Waals surface area contributed by atoms with Crippen LogP contribution in [-0.4, -0.2) is 19.7 Å². The van der Waals surface area contributed by atoms with Crippen LogP contribution in [0.4, 0.5) is 11.4 Å². The van der Waals surface area contributed by atoms with Gasteiger partial charge in [-0.2, -0.15) is 0 Å². The van der Waals surface area contributed by atoms with Crippen molar-refractivity contribution in [3.63, 3.8) is 0 Å². The van der Waals surface area contributed by atoms with Crippen molar-refractivity contribution in [2.75, 3.05) is 24.2 Å². The maximum Gasteiger partial charge on any atom is 0.144 e. The van der Waals surface area contributed by atoms with Gasteiger partial charge < -0.3 is 15.4 Å². The Hall–Kier alpha value is -1.38. The SMILES string of the molecule is CC(C)CN(C)c1ccc(N)c(OC(C)C)c1. The average molecular weight is 236 g/mol. The number of nitrogens with two attached hydrogens (primary N) is 1. The van der Waals surface area contributed by atoms with E-state index in [1.807, 2.05) is 32.0 Å². The molecule has 0 amide bonds. The van der Waals surface area contributed by atoms with Crippen LogP contribution in [-0.2, 0) is 0 Å². The van der Waals surface area contributed by atoms with Crippen LogP contribution in [0.1, 0.15) is 27.7 Å². The van der Waals surface area contributed by atoms with Crippen molar-refractivity contribution in [3.8, 4) is 5.75 Å². The van der Waals surface area contributed by atoms with Gasteiger partial charge in [-0.15, -0.1) is 0 Å². The zero-order chi connectivity index (χ0) is 13.0. The zero-order valence-corrected chi connectivity index (χ0v) is 11.5. The normalized spacial score (nSPS) is 11.0. The van der Waals surface area contributed by atoms with E-state index in [0.29, 0.717) is 11.6 Å². The summed E-state index contributed by atoms with van der Waals surface area (Å²) >= 11 is 0. The monoisotopic (exact) mass is 236 g/mol. The van der Waals surface area contributed by atoms with E-state index < -0.39 is 0 Å². The van der Waals surface area contributed by atoms with Crippen LogP contribution < -0.4 is 15.4 Å². The highest BCUT2D eigenvalue weighted by molar-refractivity contribution is 5.62. The van der Waals surface area contributed by atoms with Crippen molar-refractivity contribution in [3.05, 3.63) is 18.2 Å². The van der Waals surface area contributed by atoms with Crippen LogP contribution >= 0.6 is 0 Å². The molecule has 0 saturated carbocycles. The minimum Gasteiger partial charge on any atom is -0.489 e. The first-order valence-corrected chi connectivity index (χ1v) is 6.17. The summed E-state index contributed by atoms with van der Waals surface area (Å²) in [6.07, 6.45) is 0.142. The molecular weight excluding hydrogens is 212 g/mol. The van der Waals surface area contributed by atoms with E-state index in [1.165, 1.54) is 0 Å². The summed E-state index contributed by atoms with van der Waals surface area (Å²) in [5, 5.41) is 0. The molecule has 0 fully saturated rings. The molecule has 0 unspecified atom stereocenters. The molecule has 96 valence electrons. The summed E-state index contributed by atoms with van der Waals surface area (Å²) < 4.78 is 5.69. The number of ether oxygens (including phenoxy) is 1. The van der Waals surface area contributed by atoms with E-state index >= 15 is 0 Å². The Morgan fingerprint density at radius 3 is 2.41 bits per heavy atom. The molecule has 1 rings (SSSR count). The minimum absolute atomic E-state index is 0.142. The molecule has 0 radical (unpaired) electrons. The molecule has 0 saturated heterocycles. The quantitative estimate of drug-likeness (QED) is 0.798. The highest BCUT2D eigenvalue weighted by Gasteiger charge is 2.08. The van der Waals surface area contributed by atoms with Crippen LogP contribution in [0.5, 0.6) is 5.75 Å². The molecule has 0 spiro atoms. The first kappa shape index (κ1) is 13.7. The Bertz CT molecular complexity index is 361. The lowest BCUT2D eigenvalue weighted by Crippen LogP contribution is -2.22. The van der Waals surface area contributed by atoms with Gasteiger partial charge in [0.1, 0.15) is 5.75 Å². The standard InChI is InChI=1S/C14H24N2O/c1-10(2)9-16(5)12-6-7-13(15)14(8-12)17-11(3)4/h6-8,10-11H,9,15H2,1-5H3. The van der Waals surface area contributed by atoms with Crippen molar-refractivity contribution in [1.82, 2.24) is 0 Å². The third-order valence-corrected chi connectivity index (χ3v) is 2.44. The molecule has 0 aliphatic rings. The average Bonchev–Trinajstić information content (AvgIpc) is 2.19. The summed E-state index contributed by atoms with van der Waals surface area (Å²) in [5.41, 5.74) is 7.73. The summed E-state index contributed by atoms with van der Waals surface area (Å²) in [7, 11) is 2.09. The Labute approximate surface area is 105 Å². The van der Waals surface area contributed by atoms with Gasteiger partial charge in [-0.05, 0) is 31.9 Å². The minimum atomic E-state index is 0.142. The number of nitrogen functional groups attached to an aromatic ring is 1. The van der Waals surface area contributed by atoms with E-state index in [0.717, 1.165) is 18.0 Å². The van der Waals surface area contributed by atoms with Gasteiger partial charge in [-0.1, -0.05) is 13.8 Å². The van der Waals surface area contributed by atoms with Crippen LogP contribution in [0.15, 0.2) is 18.2 Å². The third kappa shape index (κ3) is 4.17. The fourth-order valence-electron chi connectivity index (χ4n) is 1.77. The van der Waals surface area contributed by atoms with Crippen LogP contribution in [0.2, 0.25) is 0 Å². The van der Waals surface area contributed by atoms with Gasteiger partial charge in [0.15, 0.2) is 0 Å². The second-order valence-electron chi connectivity index (χ2n) is 5.16. The Kier molecular flexibility index (Phi) is 4.67. The molecule has 3 nitrogen and oxygen atoms in total. The molecule has 0 bridgehead atoms. The third-order valence-electron chi connectivity index (χ3n) is 2.44. The van der Waals surface area contributed by atoms with Crippen molar-refractivity contribution in [2.45, 2.75) is 33.8 Å². The highest BCUT2D eigenvalue weighted by Crippen LogP contribution is 2.28. The number of hydrogen-bond donors (Lipinski definition) is 1. The van der Waals surface area contributed by atoms with Crippen molar-refractivity contribution >= 4 is 11.4 Å². The first-order valence-electron chi connectivity index (χ1n) is 6.17. The lowest BCUT2D eigenvalue weighted by molar-refractivity contribution is 0.244. The highest BCUT2D eigenvalue weighted by atomic mass is 16.5. The van der Waals surface area contributed by atoms with Gasteiger partial charge >= 0.3 is 0 Å². The fraction of sp³-hybridized carbons (Fsp3) is 0.571. The molecular formula is C14H24N2O. The van der Waals surface area contributed by atoms with Crippen LogP contribution in [0.3, 0.4) is 0 Å². The summed E-state index contributed by atoms with van der Waals surface area (Å²) in [6.45, 7) is 9.44. The summed E-state index contributed by atoms with van der Waals surface area (Å²) in [5.74, 6) is 1.40. The maximum absolute atomic E-state index is 5.90. The molecule has 0 aliphatic carbocycles.